The molecule has 86 valence electrons. The van der Waals surface area contributed by atoms with E-state index in [9.17, 15) is 14.8 Å². The molecule has 2 N–H and O–H groups in total. The lowest BCUT2D eigenvalue weighted by molar-refractivity contribution is 0.0601. The van der Waals surface area contributed by atoms with Gasteiger partial charge in [-0.3, -0.25) is 0 Å². The molecule has 0 unspecified atom stereocenters. The third-order valence-corrected chi connectivity index (χ3v) is 2.61. The van der Waals surface area contributed by atoms with E-state index in [0.717, 1.165) is 5.39 Å². The highest BCUT2D eigenvalue weighted by Crippen LogP contribution is 2.15. The smallest absolute Gasteiger partial charge is 0.465 e. The standard InChI is InChI=1S/C12H11BO4/c1-17-12(14)9-5-6-10-8(7-9)3-2-4-11(10)13(15)16/h2-7,15-16H,1H3. The first kappa shape index (κ1) is 11.6. The second-order valence-electron chi connectivity index (χ2n) is 3.65. The summed E-state index contributed by atoms with van der Waals surface area (Å²) in [6.45, 7) is 0. The molecule has 0 saturated heterocycles. The van der Waals surface area contributed by atoms with Gasteiger partial charge in [-0.1, -0.05) is 24.3 Å². The van der Waals surface area contributed by atoms with Crippen LogP contribution in [0.4, 0.5) is 0 Å². The Morgan fingerprint density at radius 2 is 2.00 bits per heavy atom. The van der Waals surface area contributed by atoms with Crippen molar-refractivity contribution in [2.24, 2.45) is 0 Å². The Morgan fingerprint density at radius 3 is 2.65 bits per heavy atom. The summed E-state index contributed by atoms with van der Waals surface area (Å²) < 4.78 is 4.63. The van der Waals surface area contributed by atoms with Crippen molar-refractivity contribution in [1.29, 1.82) is 0 Å². The van der Waals surface area contributed by atoms with Crippen molar-refractivity contribution in [1.82, 2.24) is 0 Å². The van der Waals surface area contributed by atoms with Gasteiger partial charge in [-0.15, -0.1) is 0 Å². The molecule has 0 aromatic heterocycles. The molecule has 0 amide bonds. The van der Waals surface area contributed by atoms with E-state index in [0.29, 0.717) is 16.4 Å². The first-order valence-electron chi connectivity index (χ1n) is 5.10. The van der Waals surface area contributed by atoms with Crippen LogP contribution in [0.2, 0.25) is 0 Å². The average Bonchev–Trinajstić information content (AvgIpc) is 2.36. The highest BCUT2D eigenvalue weighted by molar-refractivity contribution is 6.61. The molecular weight excluding hydrogens is 219 g/mol. The number of hydrogen-bond acceptors (Lipinski definition) is 4. The predicted molar refractivity (Wildman–Crippen MR) is 65.1 cm³/mol. The number of carbonyl (C=O) groups excluding carboxylic acids is 1. The van der Waals surface area contributed by atoms with Crippen LogP contribution in [-0.2, 0) is 4.74 Å². The zero-order chi connectivity index (χ0) is 12.4. The van der Waals surface area contributed by atoms with E-state index in [1.807, 2.05) is 0 Å². The van der Waals surface area contributed by atoms with Gasteiger partial charge in [-0.05, 0) is 28.4 Å². The Bertz CT molecular complexity index is 565. The van der Waals surface area contributed by atoms with Crippen LogP contribution < -0.4 is 5.46 Å². The lowest BCUT2D eigenvalue weighted by atomic mass is 9.77. The summed E-state index contributed by atoms with van der Waals surface area (Å²) in [6.07, 6.45) is 0. The minimum Gasteiger partial charge on any atom is -0.465 e. The molecule has 0 atom stereocenters. The van der Waals surface area contributed by atoms with E-state index in [2.05, 4.69) is 4.74 Å². The predicted octanol–water partition coefficient (Wildman–Crippen LogP) is 0.306. The lowest BCUT2D eigenvalue weighted by Gasteiger charge is -2.06. The SMILES string of the molecule is COC(=O)c1ccc2c(B(O)O)cccc2c1. The molecule has 0 spiro atoms. The maximum atomic E-state index is 11.4. The zero-order valence-corrected chi connectivity index (χ0v) is 9.25. The van der Waals surface area contributed by atoms with Crippen LogP contribution in [0.25, 0.3) is 10.8 Å². The molecule has 0 bridgehead atoms. The van der Waals surface area contributed by atoms with Crippen molar-refractivity contribution in [3.8, 4) is 0 Å². The first-order valence-corrected chi connectivity index (χ1v) is 5.10. The molecule has 0 saturated carbocycles. The number of methoxy groups -OCH3 is 1. The Labute approximate surface area is 98.6 Å². The van der Waals surface area contributed by atoms with E-state index in [4.69, 9.17) is 0 Å². The summed E-state index contributed by atoms with van der Waals surface area (Å²) in [5.41, 5.74) is 0.850. The largest absolute Gasteiger partial charge is 0.489 e. The Kier molecular flexibility index (Phi) is 3.13. The monoisotopic (exact) mass is 230 g/mol. The molecule has 2 rings (SSSR count). The zero-order valence-electron chi connectivity index (χ0n) is 9.25. The maximum absolute atomic E-state index is 11.4. The molecule has 4 nitrogen and oxygen atoms in total. The molecule has 5 heteroatoms. The molecule has 2 aromatic carbocycles. The van der Waals surface area contributed by atoms with E-state index in [-0.39, 0.29) is 0 Å². The minimum absolute atomic E-state index is 0.415. The first-order chi connectivity index (χ1) is 8.13. The van der Waals surface area contributed by atoms with Crippen LogP contribution in [-0.4, -0.2) is 30.2 Å². The summed E-state index contributed by atoms with van der Waals surface area (Å²) in [5.74, 6) is -0.415. The molecule has 0 heterocycles. The number of esters is 1. The third kappa shape index (κ3) is 2.15. The average molecular weight is 230 g/mol. The van der Waals surface area contributed by atoms with Gasteiger partial charge in [0.05, 0.1) is 12.7 Å². The topological polar surface area (TPSA) is 66.8 Å². The van der Waals surface area contributed by atoms with Crippen LogP contribution in [0.5, 0.6) is 0 Å². The number of rotatable bonds is 2. The number of benzene rings is 2. The second kappa shape index (κ2) is 4.57. The molecule has 0 fully saturated rings. The quantitative estimate of drug-likeness (QED) is 0.575. The lowest BCUT2D eigenvalue weighted by Crippen LogP contribution is -2.30. The van der Waals surface area contributed by atoms with Gasteiger partial charge in [0.25, 0.3) is 0 Å². The van der Waals surface area contributed by atoms with E-state index in [1.54, 1.807) is 36.4 Å². The third-order valence-electron chi connectivity index (χ3n) is 2.61. The Hall–Kier alpha value is -1.85. The molecule has 0 radical (unpaired) electrons. The van der Waals surface area contributed by atoms with E-state index in [1.165, 1.54) is 7.11 Å². The summed E-state index contributed by atoms with van der Waals surface area (Å²) in [6, 6.07) is 10.1. The molecular formula is C12H11BO4. The molecule has 0 aliphatic rings. The number of ether oxygens (including phenoxy) is 1. The van der Waals surface area contributed by atoms with Crippen LogP contribution >= 0.6 is 0 Å². The van der Waals surface area contributed by atoms with Crippen molar-refractivity contribution < 1.29 is 19.6 Å². The van der Waals surface area contributed by atoms with E-state index >= 15 is 0 Å². The van der Waals surface area contributed by atoms with Gasteiger partial charge in [0, 0.05) is 0 Å². The fourth-order valence-corrected chi connectivity index (χ4v) is 1.78. The van der Waals surface area contributed by atoms with Crippen molar-refractivity contribution in [3.63, 3.8) is 0 Å². The highest BCUT2D eigenvalue weighted by Gasteiger charge is 2.15. The molecule has 0 aliphatic carbocycles. The summed E-state index contributed by atoms with van der Waals surface area (Å²) in [7, 11) is -0.205. The van der Waals surface area contributed by atoms with Crippen LogP contribution in [0, 0.1) is 0 Å². The van der Waals surface area contributed by atoms with Gasteiger partial charge in [-0.25, -0.2) is 4.79 Å². The van der Waals surface area contributed by atoms with Crippen molar-refractivity contribution >= 4 is 29.3 Å². The van der Waals surface area contributed by atoms with E-state index < -0.39 is 13.1 Å². The second-order valence-corrected chi connectivity index (χ2v) is 3.65. The molecule has 2 aromatic rings. The van der Waals surface area contributed by atoms with Crippen molar-refractivity contribution in [3.05, 3.63) is 42.0 Å². The summed E-state index contributed by atoms with van der Waals surface area (Å²) in [4.78, 5) is 11.4. The molecule has 17 heavy (non-hydrogen) atoms. The Morgan fingerprint density at radius 1 is 1.24 bits per heavy atom. The highest BCUT2D eigenvalue weighted by atomic mass is 16.5. The van der Waals surface area contributed by atoms with Gasteiger partial charge in [0.1, 0.15) is 0 Å². The van der Waals surface area contributed by atoms with Gasteiger partial charge in [0.2, 0.25) is 0 Å². The minimum atomic E-state index is -1.53. The van der Waals surface area contributed by atoms with Gasteiger partial charge < -0.3 is 14.8 Å². The van der Waals surface area contributed by atoms with Crippen molar-refractivity contribution in [2.45, 2.75) is 0 Å². The summed E-state index contributed by atoms with van der Waals surface area (Å²) in [5, 5.41) is 19.9. The number of hydrogen-bond donors (Lipinski definition) is 2. The fraction of sp³-hybridized carbons (Fsp3) is 0.0833. The van der Waals surface area contributed by atoms with Gasteiger partial charge in [-0.2, -0.15) is 0 Å². The number of carbonyl (C=O) groups is 1. The van der Waals surface area contributed by atoms with Crippen LogP contribution in [0.3, 0.4) is 0 Å². The Balaban J connectivity index is 2.60. The fourth-order valence-electron chi connectivity index (χ4n) is 1.78. The summed E-state index contributed by atoms with van der Waals surface area (Å²) >= 11 is 0. The van der Waals surface area contributed by atoms with Crippen LogP contribution in [0.15, 0.2) is 36.4 Å². The van der Waals surface area contributed by atoms with Gasteiger partial charge >= 0.3 is 13.1 Å². The maximum Gasteiger partial charge on any atom is 0.489 e. The molecule has 0 aliphatic heterocycles. The normalized spacial score (nSPS) is 10.3. The van der Waals surface area contributed by atoms with Crippen molar-refractivity contribution in [2.75, 3.05) is 7.11 Å². The van der Waals surface area contributed by atoms with Gasteiger partial charge in [0.15, 0.2) is 0 Å². The van der Waals surface area contributed by atoms with Crippen LogP contribution in [0.1, 0.15) is 10.4 Å². The number of fused-ring (bicyclic) bond motifs is 1.